The minimum atomic E-state index is -0.547. The van der Waals surface area contributed by atoms with Gasteiger partial charge in [-0.15, -0.1) is 0 Å². The fourth-order valence-electron chi connectivity index (χ4n) is 1.86. The third-order valence-corrected chi connectivity index (χ3v) is 2.72. The van der Waals surface area contributed by atoms with Crippen LogP contribution in [0.15, 0.2) is 23.0 Å². The number of hydrogen-bond donors (Lipinski definition) is 1. The third-order valence-electron chi connectivity index (χ3n) is 2.72. The van der Waals surface area contributed by atoms with Crippen LogP contribution in [0.1, 0.15) is 10.4 Å². The summed E-state index contributed by atoms with van der Waals surface area (Å²) in [4.78, 5) is 22.6. The Hall–Kier alpha value is -2.30. The molecule has 5 heteroatoms. The van der Waals surface area contributed by atoms with E-state index in [1.54, 1.807) is 18.2 Å². The normalized spacial score (nSPS) is 10.5. The first-order valence-electron chi connectivity index (χ1n) is 4.95. The number of benzene rings is 1. The van der Waals surface area contributed by atoms with Gasteiger partial charge in [0.15, 0.2) is 6.29 Å². The quantitative estimate of drug-likeness (QED) is 0.787. The van der Waals surface area contributed by atoms with Gasteiger partial charge in [0.1, 0.15) is 17.1 Å². The van der Waals surface area contributed by atoms with Gasteiger partial charge in [0.05, 0.1) is 12.6 Å². The Morgan fingerprint density at radius 1 is 1.41 bits per heavy atom. The lowest BCUT2D eigenvalue weighted by Crippen LogP contribution is -2.21. The smallest absolute Gasteiger partial charge is 0.265 e. The van der Waals surface area contributed by atoms with Crippen molar-refractivity contribution in [3.63, 3.8) is 0 Å². The predicted octanol–water partition coefficient (Wildman–Crippen LogP) is 1.07. The number of pyridine rings is 1. The lowest BCUT2D eigenvalue weighted by Gasteiger charge is -2.11. The summed E-state index contributed by atoms with van der Waals surface area (Å²) in [6.07, 6.45) is 0.358. The van der Waals surface area contributed by atoms with Crippen LogP contribution in [0.5, 0.6) is 11.5 Å². The summed E-state index contributed by atoms with van der Waals surface area (Å²) >= 11 is 0. The Morgan fingerprint density at radius 3 is 2.71 bits per heavy atom. The van der Waals surface area contributed by atoms with Crippen molar-refractivity contribution in [3.8, 4) is 11.5 Å². The van der Waals surface area contributed by atoms with Gasteiger partial charge in [-0.3, -0.25) is 9.59 Å². The third kappa shape index (κ3) is 1.47. The molecule has 0 amide bonds. The summed E-state index contributed by atoms with van der Waals surface area (Å²) in [7, 11) is 3.00. The first-order valence-corrected chi connectivity index (χ1v) is 4.95. The van der Waals surface area contributed by atoms with Crippen LogP contribution in [0.4, 0.5) is 0 Å². The van der Waals surface area contributed by atoms with Crippen LogP contribution < -0.4 is 10.3 Å². The SMILES string of the molecule is COc1cccc2c(O)c(C=O)c(=O)n(C)c12. The number of hydrogen-bond acceptors (Lipinski definition) is 4. The van der Waals surface area contributed by atoms with Crippen LogP contribution in [0, 0.1) is 0 Å². The number of para-hydroxylation sites is 1. The van der Waals surface area contributed by atoms with Crippen molar-refractivity contribution in [3.05, 3.63) is 34.1 Å². The molecule has 0 aliphatic heterocycles. The number of carbonyl (C=O) groups is 1. The van der Waals surface area contributed by atoms with Gasteiger partial charge in [-0.25, -0.2) is 0 Å². The van der Waals surface area contributed by atoms with Crippen LogP contribution in [0.25, 0.3) is 10.9 Å². The standard InChI is InChI=1S/C12H11NO4/c1-13-10-7(4-3-5-9(10)17-2)11(15)8(6-14)12(13)16/h3-6,15H,1-2H3. The lowest BCUT2D eigenvalue weighted by molar-refractivity contribution is 0.111. The topological polar surface area (TPSA) is 68.5 Å². The van der Waals surface area contributed by atoms with Gasteiger partial charge >= 0.3 is 0 Å². The van der Waals surface area contributed by atoms with Crippen molar-refractivity contribution in [1.82, 2.24) is 4.57 Å². The molecule has 0 saturated heterocycles. The van der Waals surface area contributed by atoms with E-state index in [0.29, 0.717) is 22.9 Å². The maximum Gasteiger partial charge on any atom is 0.265 e. The second kappa shape index (κ2) is 3.93. The number of aldehydes is 1. The average molecular weight is 233 g/mol. The van der Waals surface area contributed by atoms with E-state index in [1.807, 2.05) is 0 Å². The van der Waals surface area contributed by atoms with Gasteiger partial charge in [0.2, 0.25) is 0 Å². The van der Waals surface area contributed by atoms with Crippen molar-refractivity contribution in [2.24, 2.45) is 7.05 Å². The van der Waals surface area contributed by atoms with E-state index in [-0.39, 0.29) is 11.3 Å². The Labute approximate surface area is 96.9 Å². The molecule has 0 saturated carbocycles. The average Bonchev–Trinajstić information content (AvgIpc) is 2.36. The molecular formula is C12H11NO4. The van der Waals surface area contributed by atoms with Crippen LogP contribution in [0.3, 0.4) is 0 Å². The monoisotopic (exact) mass is 233 g/mol. The maximum absolute atomic E-state index is 11.8. The lowest BCUT2D eigenvalue weighted by atomic mass is 10.1. The molecule has 0 bridgehead atoms. The highest BCUT2D eigenvalue weighted by atomic mass is 16.5. The first kappa shape index (κ1) is 11.2. The van der Waals surface area contributed by atoms with Crippen LogP contribution >= 0.6 is 0 Å². The number of nitrogens with zero attached hydrogens (tertiary/aromatic N) is 1. The zero-order chi connectivity index (χ0) is 12.6. The van der Waals surface area contributed by atoms with Crippen molar-refractivity contribution >= 4 is 17.2 Å². The van der Waals surface area contributed by atoms with Crippen LogP contribution in [-0.4, -0.2) is 23.1 Å². The largest absolute Gasteiger partial charge is 0.506 e. The molecule has 88 valence electrons. The van der Waals surface area contributed by atoms with E-state index in [0.717, 1.165) is 0 Å². The number of methoxy groups -OCH3 is 1. The van der Waals surface area contributed by atoms with Gasteiger partial charge in [-0.05, 0) is 12.1 Å². The summed E-state index contributed by atoms with van der Waals surface area (Å²) < 4.78 is 6.42. The molecule has 1 N–H and O–H groups in total. The highest BCUT2D eigenvalue weighted by molar-refractivity contribution is 5.96. The fourth-order valence-corrected chi connectivity index (χ4v) is 1.86. The highest BCUT2D eigenvalue weighted by Gasteiger charge is 2.16. The zero-order valence-corrected chi connectivity index (χ0v) is 9.43. The van der Waals surface area contributed by atoms with Crippen molar-refractivity contribution in [2.45, 2.75) is 0 Å². The molecule has 1 aromatic heterocycles. The highest BCUT2D eigenvalue weighted by Crippen LogP contribution is 2.30. The molecule has 2 aromatic rings. The molecule has 17 heavy (non-hydrogen) atoms. The van der Waals surface area contributed by atoms with Gasteiger partial charge < -0.3 is 14.4 Å². The van der Waals surface area contributed by atoms with Crippen molar-refractivity contribution in [2.75, 3.05) is 7.11 Å². The second-order valence-electron chi connectivity index (χ2n) is 3.60. The maximum atomic E-state index is 11.8. The molecule has 1 heterocycles. The van der Waals surface area contributed by atoms with Crippen LogP contribution in [-0.2, 0) is 7.05 Å². The molecule has 0 aliphatic carbocycles. The molecule has 0 unspecified atom stereocenters. The number of carbonyl (C=O) groups excluding carboxylic acids is 1. The molecule has 0 aliphatic rings. The van der Waals surface area contributed by atoms with Gasteiger partial charge in [0, 0.05) is 12.4 Å². The zero-order valence-electron chi connectivity index (χ0n) is 9.43. The van der Waals surface area contributed by atoms with E-state index in [9.17, 15) is 14.7 Å². The fraction of sp³-hybridized carbons (Fsp3) is 0.167. The minimum Gasteiger partial charge on any atom is -0.506 e. The number of fused-ring (bicyclic) bond motifs is 1. The molecular weight excluding hydrogens is 222 g/mol. The summed E-state index contributed by atoms with van der Waals surface area (Å²) in [5.41, 5.74) is -0.328. The van der Waals surface area contributed by atoms with E-state index in [4.69, 9.17) is 4.74 Å². The molecule has 0 fully saturated rings. The molecule has 0 spiro atoms. The van der Waals surface area contributed by atoms with Crippen LogP contribution in [0.2, 0.25) is 0 Å². The van der Waals surface area contributed by atoms with Crippen molar-refractivity contribution < 1.29 is 14.6 Å². The molecule has 0 atom stereocenters. The minimum absolute atomic E-state index is 0.242. The molecule has 5 nitrogen and oxygen atoms in total. The van der Waals surface area contributed by atoms with E-state index >= 15 is 0 Å². The number of rotatable bonds is 2. The molecule has 1 aromatic carbocycles. The molecule has 0 radical (unpaired) electrons. The van der Waals surface area contributed by atoms with Gasteiger partial charge in [0.25, 0.3) is 5.56 Å². The number of aromatic hydroxyl groups is 1. The van der Waals surface area contributed by atoms with Crippen molar-refractivity contribution in [1.29, 1.82) is 0 Å². The predicted molar refractivity (Wildman–Crippen MR) is 62.8 cm³/mol. The summed E-state index contributed by atoms with van der Waals surface area (Å²) in [5.74, 6) is 0.159. The Balaban J connectivity index is 3.09. The van der Waals surface area contributed by atoms with E-state index in [2.05, 4.69) is 0 Å². The number of ether oxygens (including phenoxy) is 1. The summed E-state index contributed by atoms with van der Waals surface area (Å²) in [6, 6.07) is 4.99. The first-order chi connectivity index (χ1) is 8.11. The van der Waals surface area contributed by atoms with Gasteiger partial charge in [-0.2, -0.15) is 0 Å². The number of aromatic nitrogens is 1. The Kier molecular flexibility index (Phi) is 2.59. The van der Waals surface area contributed by atoms with E-state index < -0.39 is 5.56 Å². The number of aryl methyl sites for hydroxylation is 1. The van der Waals surface area contributed by atoms with E-state index in [1.165, 1.54) is 18.7 Å². The van der Waals surface area contributed by atoms with Gasteiger partial charge in [-0.1, -0.05) is 6.07 Å². The molecule has 2 rings (SSSR count). The second-order valence-corrected chi connectivity index (χ2v) is 3.60. The summed E-state index contributed by atoms with van der Waals surface area (Å²) in [5, 5.41) is 10.3. The Morgan fingerprint density at radius 2 is 2.12 bits per heavy atom. The Bertz CT molecular complexity index is 658. The summed E-state index contributed by atoms with van der Waals surface area (Å²) in [6.45, 7) is 0.